The van der Waals surface area contributed by atoms with Gasteiger partial charge in [-0.25, -0.2) is 0 Å². The topological polar surface area (TPSA) is 0 Å². The first kappa shape index (κ1) is 17.3. The van der Waals surface area contributed by atoms with E-state index in [-0.39, 0.29) is 6.71 Å². The summed E-state index contributed by atoms with van der Waals surface area (Å²) in [4.78, 5) is 0. The van der Waals surface area contributed by atoms with Crippen molar-refractivity contribution in [3.05, 3.63) is 119 Å². The Morgan fingerprint density at radius 3 is 1.74 bits per heavy atom. The molecule has 131 valence electrons. The van der Waals surface area contributed by atoms with Gasteiger partial charge in [0.15, 0.2) is 0 Å². The summed E-state index contributed by atoms with van der Waals surface area (Å²) in [6, 6.07) is 30.8. The predicted octanol–water partition coefficient (Wildman–Crippen LogP) is 5.42. The number of fused-ring (bicyclic) bond motifs is 2. The third-order valence-electron chi connectivity index (χ3n) is 5.94. The summed E-state index contributed by atoms with van der Waals surface area (Å²) in [5.74, 6) is 0. The first-order valence-corrected chi connectivity index (χ1v) is 23.3. The molecule has 0 N–H and O–H groups in total. The van der Waals surface area contributed by atoms with Crippen LogP contribution in [0.25, 0.3) is 12.2 Å². The SMILES string of the molecule is C1=C[CH]([Hf]([SiH2]Cc2ccccc2)[CH]2C=Cc3ccccc32)c2ccccc21. The molecule has 0 fully saturated rings. The average molecular weight is 530 g/mol. The van der Waals surface area contributed by atoms with Crippen LogP contribution in [0.1, 0.15) is 35.2 Å². The molecule has 0 aliphatic heterocycles. The van der Waals surface area contributed by atoms with Crippen LogP contribution >= 0.6 is 0 Å². The fourth-order valence-electron chi connectivity index (χ4n) is 4.58. The second kappa shape index (κ2) is 7.69. The summed E-state index contributed by atoms with van der Waals surface area (Å²) >= 11 is -1.94. The Morgan fingerprint density at radius 2 is 1.15 bits per heavy atom. The van der Waals surface area contributed by atoms with E-state index in [0.29, 0.717) is 0 Å². The molecule has 0 spiro atoms. The molecule has 0 saturated heterocycles. The van der Waals surface area contributed by atoms with Crippen LogP contribution in [0.15, 0.2) is 91.0 Å². The Hall–Kier alpha value is -1.77. The van der Waals surface area contributed by atoms with Crippen molar-refractivity contribution in [2.24, 2.45) is 0 Å². The maximum absolute atomic E-state index is 2.57. The molecule has 0 bridgehead atoms. The van der Waals surface area contributed by atoms with E-state index in [2.05, 4.69) is 103 Å². The van der Waals surface area contributed by atoms with Crippen molar-refractivity contribution in [3.63, 3.8) is 0 Å². The van der Waals surface area contributed by atoms with Crippen molar-refractivity contribution >= 4 is 18.9 Å². The van der Waals surface area contributed by atoms with Gasteiger partial charge in [-0.1, -0.05) is 0 Å². The van der Waals surface area contributed by atoms with Gasteiger partial charge in [0.25, 0.3) is 0 Å². The van der Waals surface area contributed by atoms with Crippen molar-refractivity contribution in [2.45, 2.75) is 13.4 Å². The van der Waals surface area contributed by atoms with Crippen LogP contribution < -0.4 is 0 Å². The number of hydrogen-bond donors (Lipinski definition) is 0. The number of benzene rings is 3. The van der Waals surface area contributed by atoms with E-state index in [1.54, 1.807) is 16.7 Å². The molecular weight excluding hydrogens is 507 g/mol. The van der Waals surface area contributed by atoms with Crippen molar-refractivity contribution in [1.29, 1.82) is 0 Å². The molecule has 3 aromatic rings. The third kappa shape index (κ3) is 3.41. The van der Waals surface area contributed by atoms with Gasteiger partial charge in [0.05, 0.1) is 0 Å². The summed E-state index contributed by atoms with van der Waals surface area (Å²) in [5, 5.41) is 0. The molecule has 5 rings (SSSR count). The Kier molecular flexibility index (Phi) is 4.94. The van der Waals surface area contributed by atoms with Crippen molar-refractivity contribution in [2.75, 3.05) is 0 Å². The van der Waals surface area contributed by atoms with Gasteiger partial charge in [-0.3, -0.25) is 0 Å². The molecule has 3 aromatic carbocycles. The maximum atomic E-state index is 2.57. The quantitative estimate of drug-likeness (QED) is 0.387. The predicted molar refractivity (Wildman–Crippen MR) is 115 cm³/mol. The molecule has 27 heavy (non-hydrogen) atoms. The molecule has 2 aliphatic carbocycles. The van der Waals surface area contributed by atoms with Crippen LogP contribution in [0.3, 0.4) is 0 Å². The summed E-state index contributed by atoms with van der Waals surface area (Å²) in [6.07, 6.45) is 9.93. The Labute approximate surface area is 171 Å². The summed E-state index contributed by atoms with van der Waals surface area (Å²) in [5.41, 5.74) is 7.73. The van der Waals surface area contributed by atoms with Crippen molar-refractivity contribution in [1.82, 2.24) is 0 Å². The minimum atomic E-state index is -1.94. The van der Waals surface area contributed by atoms with Crippen LogP contribution in [-0.4, -0.2) is 6.71 Å². The molecule has 2 heteroatoms. The fraction of sp³-hybridized carbons (Fsp3) is 0.120. The van der Waals surface area contributed by atoms with Gasteiger partial charge in [-0.05, 0) is 0 Å². The van der Waals surface area contributed by atoms with E-state index >= 15 is 0 Å². The zero-order valence-corrected chi connectivity index (χ0v) is 20.4. The van der Waals surface area contributed by atoms with Gasteiger partial charge >= 0.3 is 172 Å². The first-order chi connectivity index (χ1) is 13.4. The van der Waals surface area contributed by atoms with Gasteiger partial charge in [0.2, 0.25) is 0 Å². The molecular formula is C25H23HfSi. The zero-order valence-electron chi connectivity index (χ0n) is 15.4. The monoisotopic (exact) mass is 531 g/mol. The average Bonchev–Trinajstić information content (AvgIpc) is 3.34. The van der Waals surface area contributed by atoms with E-state index < -0.39 is 20.6 Å². The van der Waals surface area contributed by atoms with Gasteiger partial charge in [-0.15, -0.1) is 0 Å². The van der Waals surface area contributed by atoms with E-state index in [1.807, 2.05) is 0 Å². The zero-order chi connectivity index (χ0) is 18.1. The molecule has 0 aromatic heterocycles. The fourth-order valence-corrected chi connectivity index (χ4v) is 33.5. The molecule has 0 radical (unpaired) electrons. The van der Waals surface area contributed by atoms with Crippen LogP contribution in [0.4, 0.5) is 0 Å². The van der Waals surface area contributed by atoms with E-state index in [1.165, 1.54) is 17.2 Å². The first-order valence-electron chi connectivity index (χ1n) is 9.84. The number of hydrogen-bond acceptors (Lipinski definition) is 0. The number of allylic oxidation sites excluding steroid dienone is 2. The second-order valence-electron chi connectivity index (χ2n) is 7.49. The minimum absolute atomic E-state index is 0.100. The molecule has 0 saturated carbocycles. The summed E-state index contributed by atoms with van der Waals surface area (Å²) in [6.45, 7) is -0.100. The molecule has 2 unspecified atom stereocenters. The summed E-state index contributed by atoms with van der Waals surface area (Å²) < 4.78 is 1.53. The van der Waals surface area contributed by atoms with Crippen LogP contribution in [0, 0.1) is 0 Å². The van der Waals surface area contributed by atoms with E-state index in [4.69, 9.17) is 0 Å². The number of rotatable bonds is 5. The standard InChI is InChI=1S/2C9H7.C7H9Si.Hf/c2*1-2-5-9-7-3-6-8(9)4-1;8-6-7-4-2-1-3-5-7;/h2*1-7H;1-5H,6,8H2;. The van der Waals surface area contributed by atoms with E-state index in [9.17, 15) is 0 Å². The van der Waals surface area contributed by atoms with Crippen molar-refractivity contribution in [3.8, 4) is 0 Å². The van der Waals surface area contributed by atoms with Gasteiger partial charge < -0.3 is 0 Å². The third-order valence-corrected chi connectivity index (χ3v) is 32.8. The second-order valence-corrected chi connectivity index (χ2v) is 29.2. The van der Waals surface area contributed by atoms with Gasteiger partial charge in [0.1, 0.15) is 0 Å². The summed E-state index contributed by atoms with van der Waals surface area (Å²) in [7, 11) is 0. The Balaban J connectivity index is 1.49. The van der Waals surface area contributed by atoms with Crippen LogP contribution in [-0.2, 0) is 26.6 Å². The van der Waals surface area contributed by atoms with E-state index in [0.717, 1.165) is 7.35 Å². The normalized spacial score (nSPS) is 19.6. The van der Waals surface area contributed by atoms with Crippen molar-refractivity contribution < 1.29 is 20.6 Å². The van der Waals surface area contributed by atoms with Gasteiger partial charge in [-0.2, -0.15) is 0 Å². The Morgan fingerprint density at radius 1 is 0.630 bits per heavy atom. The molecule has 2 aliphatic rings. The van der Waals surface area contributed by atoms with Crippen LogP contribution in [0.2, 0.25) is 0 Å². The molecule has 2 atom stereocenters. The molecule has 0 heterocycles. The Bertz CT molecular complexity index is 944. The van der Waals surface area contributed by atoms with Crippen LogP contribution in [0.5, 0.6) is 0 Å². The molecule has 0 nitrogen and oxygen atoms in total. The molecule has 0 amide bonds. The van der Waals surface area contributed by atoms with Gasteiger partial charge in [0, 0.05) is 0 Å².